The van der Waals surface area contributed by atoms with Crippen LogP contribution in [0, 0.1) is 0 Å². The van der Waals surface area contributed by atoms with Gasteiger partial charge in [0, 0.05) is 24.3 Å². The van der Waals surface area contributed by atoms with Crippen molar-refractivity contribution >= 4 is 11.5 Å². The van der Waals surface area contributed by atoms with Crippen LogP contribution in [0.4, 0.5) is 5.69 Å². The smallest absolute Gasteiger partial charge is 0.170 e. The minimum atomic E-state index is 0.161. The summed E-state index contributed by atoms with van der Waals surface area (Å²) in [5, 5.41) is 11.6. The summed E-state index contributed by atoms with van der Waals surface area (Å²) in [5.41, 5.74) is 7.54. The molecule has 0 spiro atoms. The number of anilines is 1. The van der Waals surface area contributed by atoms with Gasteiger partial charge in [-0.1, -0.05) is 24.4 Å². The summed E-state index contributed by atoms with van der Waals surface area (Å²) >= 11 is 0. The Balaban J connectivity index is 2.07. The van der Waals surface area contributed by atoms with Crippen LogP contribution in [0.3, 0.4) is 0 Å². The van der Waals surface area contributed by atoms with E-state index < -0.39 is 0 Å². The van der Waals surface area contributed by atoms with Crippen molar-refractivity contribution in [1.82, 2.24) is 0 Å². The number of rotatable bonds is 2. The Kier molecular flexibility index (Phi) is 4.45. The van der Waals surface area contributed by atoms with Gasteiger partial charge in [-0.3, -0.25) is 0 Å². The van der Waals surface area contributed by atoms with Gasteiger partial charge in [0.15, 0.2) is 5.84 Å². The summed E-state index contributed by atoms with van der Waals surface area (Å²) in [4.78, 5) is 2.43. The standard InChI is InChI=1S/C14H21N3O/c15-14(16-18)12-6-8-13(9-7-12)17-10-4-2-1-3-5-11-17/h6-9,18H,1-5,10-11H2,(H2,15,16). The van der Waals surface area contributed by atoms with Crippen molar-refractivity contribution in [1.29, 1.82) is 0 Å². The molecule has 2 rings (SSSR count). The quantitative estimate of drug-likeness (QED) is 0.365. The highest BCUT2D eigenvalue weighted by Crippen LogP contribution is 2.19. The highest BCUT2D eigenvalue weighted by Gasteiger charge is 2.09. The summed E-state index contributed by atoms with van der Waals surface area (Å²) in [6.45, 7) is 2.26. The van der Waals surface area contributed by atoms with Gasteiger partial charge in [0.25, 0.3) is 0 Å². The zero-order valence-corrected chi connectivity index (χ0v) is 10.7. The van der Waals surface area contributed by atoms with Crippen LogP contribution in [0.1, 0.15) is 37.7 Å². The largest absolute Gasteiger partial charge is 0.409 e. The van der Waals surface area contributed by atoms with Gasteiger partial charge in [0.1, 0.15) is 0 Å². The maximum Gasteiger partial charge on any atom is 0.170 e. The Labute approximate surface area is 108 Å². The van der Waals surface area contributed by atoms with E-state index in [-0.39, 0.29) is 5.84 Å². The Hall–Kier alpha value is -1.71. The van der Waals surface area contributed by atoms with E-state index in [1.165, 1.54) is 37.8 Å². The number of nitrogens with two attached hydrogens (primary N) is 1. The molecule has 1 aliphatic heterocycles. The average Bonchev–Trinajstić information content (AvgIpc) is 2.38. The molecule has 18 heavy (non-hydrogen) atoms. The molecular formula is C14H21N3O. The predicted octanol–water partition coefficient (Wildman–Crippen LogP) is 2.55. The molecule has 1 heterocycles. The van der Waals surface area contributed by atoms with Gasteiger partial charge in [0.2, 0.25) is 0 Å². The van der Waals surface area contributed by atoms with Gasteiger partial charge in [-0.25, -0.2) is 0 Å². The lowest BCUT2D eigenvalue weighted by molar-refractivity contribution is 0.318. The Morgan fingerprint density at radius 3 is 2.11 bits per heavy atom. The molecule has 4 heteroatoms. The minimum Gasteiger partial charge on any atom is -0.409 e. The molecule has 0 unspecified atom stereocenters. The second-order valence-electron chi connectivity index (χ2n) is 4.79. The average molecular weight is 247 g/mol. The van der Waals surface area contributed by atoms with Crippen LogP contribution in [0.5, 0.6) is 0 Å². The zero-order valence-electron chi connectivity index (χ0n) is 10.7. The van der Waals surface area contributed by atoms with Crippen molar-refractivity contribution in [3.63, 3.8) is 0 Å². The maximum atomic E-state index is 8.63. The molecule has 0 bridgehead atoms. The highest BCUT2D eigenvalue weighted by atomic mass is 16.4. The molecule has 0 atom stereocenters. The third-order valence-corrected chi connectivity index (χ3v) is 3.49. The molecule has 3 N–H and O–H groups in total. The van der Waals surface area contributed by atoms with Crippen LogP contribution < -0.4 is 10.6 Å². The van der Waals surface area contributed by atoms with Gasteiger partial charge in [-0.05, 0) is 37.1 Å². The molecule has 1 aliphatic rings. The normalized spacial score (nSPS) is 18.2. The molecule has 0 saturated carbocycles. The fourth-order valence-electron chi connectivity index (χ4n) is 2.41. The topological polar surface area (TPSA) is 61.9 Å². The Morgan fingerprint density at radius 1 is 1.00 bits per heavy atom. The number of amidine groups is 1. The van der Waals surface area contributed by atoms with Crippen molar-refractivity contribution < 1.29 is 5.21 Å². The zero-order chi connectivity index (χ0) is 12.8. The maximum absolute atomic E-state index is 8.63. The minimum absolute atomic E-state index is 0.161. The van der Waals surface area contributed by atoms with E-state index in [1.807, 2.05) is 12.1 Å². The van der Waals surface area contributed by atoms with Crippen LogP contribution in [-0.2, 0) is 0 Å². The van der Waals surface area contributed by atoms with Gasteiger partial charge in [-0.2, -0.15) is 0 Å². The number of hydrogen-bond acceptors (Lipinski definition) is 3. The fourth-order valence-corrected chi connectivity index (χ4v) is 2.41. The lowest BCUT2D eigenvalue weighted by Gasteiger charge is -2.27. The third-order valence-electron chi connectivity index (χ3n) is 3.49. The van der Waals surface area contributed by atoms with E-state index >= 15 is 0 Å². The number of benzene rings is 1. The molecular weight excluding hydrogens is 226 g/mol. The van der Waals surface area contributed by atoms with Crippen molar-refractivity contribution in [3.8, 4) is 0 Å². The van der Waals surface area contributed by atoms with Crippen LogP contribution in [-0.4, -0.2) is 24.1 Å². The van der Waals surface area contributed by atoms with Crippen molar-refractivity contribution in [2.45, 2.75) is 32.1 Å². The number of hydrogen-bond donors (Lipinski definition) is 2. The molecule has 1 fully saturated rings. The monoisotopic (exact) mass is 247 g/mol. The third kappa shape index (κ3) is 3.15. The van der Waals surface area contributed by atoms with Gasteiger partial charge in [-0.15, -0.1) is 0 Å². The van der Waals surface area contributed by atoms with E-state index in [0.29, 0.717) is 0 Å². The van der Waals surface area contributed by atoms with Crippen molar-refractivity contribution in [2.24, 2.45) is 10.9 Å². The summed E-state index contributed by atoms with van der Waals surface area (Å²) < 4.78 is 0. The van der Waals surface area contributed by atoms with Gasteiger partial charge in [0.05, 0.1) is 0 Å². The van der Waals surface area contributed by atoms with Gasteiger partial charge >= 0.3 is 0 Å². The summed E-state index contributed by atoms with van der Waals surface area (Å²) in [5.74, 6) is 0.161. The second-order valence-corrected chi connectivity index (χ2v) is 4.79. The second kappa shape index (κ2) is 6.28. The van der Waals surface area contributed by atoms with E-state index in [9.17, 15) is 0 Å². The molecule has 1 aromatic carbocycles. The van der Waals surface area contributed by atoms with Crippen molar-refractivity contribution in [3.05, 3.63) is 29.8 Å². The molecule has 98 valence electrons. The molecule has 0 amide bonds. The molecule has 1 saturated heterocycles. The summed E-state index contributed by atoms with van der Waals surface area (Å²) in [6, 6.07) is 7.91. The van der Waals surface area contributed by atoms with Crippen LogP contribution in [0.2, 0.25) is 0 Å². The van der Waals surface area contributed by atoms with E-state index in [1.54, 1.807) is 0 Å². The summed E-state index contributed by atoms with van der Waals surface area (Å²) in [6.07, 6.45) is 6.57. The van der Waals surface area contributed by atoms with E-state index in [4.69, 9.17) is 10.9 Å². The molecule has 0 aromatic heterocycles. The van der Waals surface area contributed by atoms with Crippen LogP contribution in [0.15, 0.2) is 29.4 Å². The first-order valence-corrected chi connectivity index (χ1v) is 6.64. The predicted molar refractivity (Wildman–Crippen MR) is 74.3 cm³/mol. The first-order chi connectivity index (χ1) is 8.81. The fraction of sp³-hybridized carbons (Fsp3) is 0.500. The first-order valence-electron chi connectivity index (χ1n) is 6.64. The molecule has 1 aromatic rings. The lowest BCUT2D eigenvalue weighted by atomic mass is 10.1. The number of nitrogens with zero attached hydrogens (tertiary/aromatic N) is 2. The van der Waals surface area contributed by atoms with Crippen LogP contribution >= 0.6 is 0 Å². The Morgan fingerprint density at radius 2 is 1.56 bits per heavy atom. The number of oxime groups is 1. The Bertz CT molecular complexity index is 392. The van der Waals surface area contributed by atoms with E-state index in [0.717, 1.165) is 18.7 Å². The SMILES string of the molecule is N/C(=N\O)c1ccc(N2CCCCCCC2)cc1. The van der Waals surface area contributed by atoms with E-state index in [2.05, 4.69) is 22.2 Å². The lowest BCUT2D eigenvalue weighted by Crippen LogP contribution is -2.27. The molecule has 0 radical (unpaired) electrons. The first kappa shape index (κ1) is 12.7. The molecule has 4 nitrogen and oxygen atoms in total. The van der Waals surface area contributed by atoms with Gasteiger partial charge < -0.3 is 15.8 Å². The van der Waals surface area contributed by atoms with Crippen LogP contribution in [0.25, 0.3) is 0 Å². The summed E-state index contributed by atoms with van der Waals surface area (Å²) in [7, 11) is 0. The van der Waals surface area contributed by atoms with Crippen molar-refractivity contribution in [2.75, 3.05) is 18.0 Å². The highest BCUT2D eigenvalue weighted by molar-refractivity contribution is 5.97. The molecule has 0 aliphatic carbocycles.